The fraction of sp³-hybridized carbons (Fsp3) is 0.263. The van der Waals surface area contributed by atoms with E-state index in [1.54, 1.807) is 36.4 Å². The number of furan rings is 1. The van der Waals surface area contributed by atoms with Crippen LogP contribution in [0.25, 0.3) is 0 Å². The number of hydrogen-bond acceptors (Lipinski definition) is 6. The van der Waals surface area contributed by atoms with Crippen molar-refractivity contribution >= 4 is 23.5 Å². The zero-order valence-electron chi connectivity index (χ0n) is 14.4. The van der Waals surface area contributed by atoms with E-state index in [0.29, 0.717) is 23.6 Å². The molecule has 1 N–H and O–H groups in total. The van der Waals surface area contributed by atoms with Crippen molar-refractivity contribution < 1.29 is 23.5 Å². The monoisotopic (exact) mass is 367 g/mol. The van der Waals surface area contributed by atoms with Gasteiger partial charge in [0.1, 0.15) is 5.76 Å². The third-order valence-electron chi connectivity index (χ3n) is 4.12. The summed E-state index contributed by atoms with van der Waals surface area (Å²) in [6.07, 6.45) is 1.57. The van der Waals surface area contributed by atoms with Crippen LogP contribution in [0.4, 0.5) is 5.69 Å². The topological polar surface area (TPSA) is 113 Å². The first kappa shape index (κ1) is 18.2. The second kappa shape index (κ2) is 8.19. The van der Waals surface area contributed by atoms with Crippen LogP contribution in [0.3, 0.4) is 0 Å². The molecule has 0 radical (unpaired) electrons. The zero-order chi connectivity index (χ0) is 19.2. The Balaban J connectivity index is 1.45. The molecule has 2 heterocycles. The van der Waals surface area contributed by atoms with Crippen molar-refractivity contribution in [2.45, 2.75) is 13.0 Å². The number of ether oxygens (including phenoxy) is 1. The predicted octanol–water partition coefficient (Wildman–Crippen LogP) is 1.68. The summed E-state index contributed by atoms with van der Waals surface area (Å²) < 4.78 is 10.2. The number of nitriles is 1. The van der Waals surface area contributed by atoms with Gasteiger partial charge in [-0.05, 0) is 36.4 Å². The number of carbonyl (C=O) groups is 3. The Morgan fingerprint density at radius 2 is 2.07 bits per heavy atom. The summed E-state index contributed by atoms with van der Waals surface area (Å²) in [5.74, 6) is -1.20. The lowest BCUT2D eigenvalue weighted by Gasteiger charge is -2.14. The number of benzene rings is 1. The fourth-order valence-electron chi connectivity index (χ4n) is 2.75. The quantitative estimate of drug-likeness (QED) is 0.777. The average molecular weight is 367 g/mol. The van der Waals surface area contributed by atoms with Crippen LogP contribution >= 0.6 is 0 Å². The number of esters is 1. The van der Waals surface area contributed by atoms with Crippen molar-refractivity contribution in [2.24, 2.45) is 5.92 Å². The lowest BCUT2D eigenvalue weighted by atomic mass is 10.1. The van der Waals surface area contributed by atoms with Crippen LogP contribution in [0.15, 0.2) is 47.1 Å². The Morgan fingerprint density at radius 3 is 2.74 bits per heavy atom. The van der Waals surface area contributed by atoms with Gasteiger partial charge in [0.25, 0.3) is 5.91 Å². The van der Waals surface area contributed by atoms with E-state index in [-0.39, 0.29) is 18.9 Å². The van der Waals surface area contributed by atoms with E-state index >= 15 is 0 Å². The number of nitrogens with one attached hydrogen (secondary N) is 1. The minimum absolute atomic E-state index is 0.0524. The van der Waals surface area contributed by atoms with Crippen LogP contribution in [0, 0.1) is 17.2 Å². The van der Waals surface area contributed by atoms with Gasteiger partial charge in [0.15, 0.2) is 6.61 Å². The number of carbonyl (C=O) groups excluding carboxylic acids is 3. The molecule has 8 nitrogen and oxygen atoms in total. The molecule has 1 aromatic carbocycles. The Kier molecular flexibility index (Phi) is 5.52. The molecule has 138 valence electrons. The number of likely N-dealkylation sites (tertiary alicyclic amines) is 1. The first-order valence-corrected chi connectivity index (χ1v) is 8.32. The average Bonchev–Trinajstić information content (AvgIpc) is 3.31. The van der Waals surface area contributed by atoms with Gasteiger partial charge in [0, 0.05) is 18.7 Å². The Morgan fingerprint density at radius 1 is 1.30 bits per heavy atom. The normalized spacial score (nSPS) is 16.0. The molecule has 2 amide bonds. The standard InChI is InChI=1S/C19H17N3O5/c20-9-13-3-5-15(6-4-13)21-17(23)12-27-19(25)14-8-18(24)22(10-14)11-16-2-1-7-26-16/h1-7,14H,8,10-12H2,(H,21,23)/t14-/m1/s1. The molecular weight excluding hydrogens is 350 g/mol. The molecular formula is C19H17N3O5. The maximum atomic E-state index is 12.1. The zero-order valence-corrected chi connectivity index (χ0v) is 14.4. The third kappa shape index (κ3) is 4.73. The highest BCUT2D eigenvalue weighted by Crippen LogP contribution is 2.21. The van der Waals surface area contributed by atoms with Crippen molar-refractivity contribution in [3.63, 3.8) is 0 Å². The molecule has 27 heavy (non-hydrogen) atoms. The highest BCUT2D eigenvalue weighted by atomic mass is 16.5. The first-order valence-electron chi connectivity index (χ1n) is 8.32. The number of amides is 2. The highest BCUT2D eigenvalue weighted by molar-refractivity contribution is 5.93. The van der Waals surface area contributed by atoms with E-state index in [9.17, 15) is 14.4 Å². The van der Waals surface area contributed by atoms with Crippen molar-refractivity contribution in [3.05, 3.63) is 54.0 Å². The van der Waals surface area contributed by atoms with Gasteiger partial charge in [0.05, 0.1) is 30.4 Å². The van der Waals surface area contributed by atoms with Gasteiger partial charge in [-0.1, -0.05) is 0 Å². The van der Waals surface area contributed by atoms with Crippen LogP contribution in [0.1, 0.15) is 17.7 Å². The van der Waals surface area contributed by atoms with E-state index in [1.165, 1.54) is 11.2 Å². The third-order valence-corrected chi connectivity index (χ3v) is 4.12. The largest absolute Gasteiger partial charge is 0.467 e. The highest BCUT2D eigenvalue weighted by Gasteiger charge is 2.35. The van der Waals surface area contributed by atoms with E-state index in [1.807, 2.05) is 6.07 Å². The van der Waals surface area contributed by atoms with Crippen LogP contribution in [-0.2, 0) is 25.7 Å². The summed E-state index contributed by atoms with van der Waals surface area (Å²) >= 11 is 0. The van der Waals surface area contributed by atoms with Crippen molar-refractivity contribution in [1.82, 2.24) is 4.90 Å². The molecule has 8 heteroatoms. The second-order valence-corrected chi connectivity index (χ2v) is 6.10. The minimum atomic E-state index is -0.602. The van der Waals surface area contributed by atoms with Crippen LogP contribution in [0.2, 0.25) is 0 Å². The second-order valence-electron chi connectivity index (χ2n) is 6.10. The summed E-state index contributed by atoms with van der Waals surface area (Å²) in [7, 11) is 0. The lowest BCUT2D eigenvalue weighted by Crippen LogP contribution is -2.28. The van der Waals surface area contributed by atoms with Gasteiger partial charge in [-0.3, -0.25) is 14.4 Å². The number of hydrogen-bond donors (Lipinski definition) is 1. The molecule has 0 saturated carbocycles. The van der Waals surface area contributed by atoms with Crippen molar-refractivity contribution in [3.8, 4) is 6.07 Å². The van der Waals surface area contributed by atoms with E-state index in [0.717, 1.165) is 0 Å². The molecule has 1 aliphatic rings. The molecule has 0 aliphatic carbocycles. The van der Waals surface area contributed by atoms with Gasteiger partial charge in [-0.25, -0.2) is 0 Å². The Bertz CT molecular complexity index is 868. The van der Waals surface area contributed by atoms with E-state index < -0.39 is 24.4 Å². The van der Waals surface area contributed by atoms with Crippen molar-refractivity contribution in [1.29, 1.82) is 5.26 Å². The maximum absolute atomic E-state index is 12.1. The molecule has 1 saturated heterocycles. The molecule has 1 aliphatic heterocycles. The predicted molar refractivity (Wildman–Crippen MR) is 93.0 cm³/mol. The molecule has 0 spiro atoms. The number of rotatable bonds is 6. The maximum Gasteiger partial charge on any atom is 0.311 e. The van der Waals surface area contributed by atoms with Crippen LogP contribution in [-0.4, -0.2) is 35.8 Å². The molecule has 0 bridgehead atoms. The smallest absolute Gasteiger partial charge is 0.311 e. The molecule has 1 atom stereocenters. The minimum Gasteiger partial charge on any atom is -0.467 e. The van der Waals surface area contributed by atoms with Crippen molar-refractivity contribution in [2.75, 3.05) is 18.5 Å². The van der Waals surface area contributed by atoms with Gasteiger partial charge in [-0.15, -0.1) is 0 Å². The van der Waals surface area contributed by atoms with Gasteiger partial charge in [-0.2, -0.15) is 5.26 Å². The molecule has 1 fully saturated rings. The lowest BCUT2D eigenvalue weighted by molar-refractivity contribution is -0.151. The molecule has 1 aromatic heterocycles. The number of nitrogens with zero attached hydrogens (tertiary/aromatic N) is 2. The number of anilines is 1. The molecule has 2 aromatic rings. The summed E-state index contributed by atoms with van der Waals surface area (Å²) in [5.41, 5.74) is 0.972. The fourth-order valence-corrected chi connectivity index (χ4v) is 2.75. The molecule has 3 rings (SSSR count). The summed E-state index contributed by atoms with van der Waals surface area (Å²) in [4.78, 5) is 37.6. The van der Waals surface area contributed by atoms with Gasteiger partial charge in [0.2, 0.25) is 5.91 Å². The SMILES string of the molecule is N#Cc1ccc(NC(=O)COC(=O)[C@@H]2CC(=O)N(Cc3ccco3)C2)cc1. The Labute approximate surface area is 155 Å². The van der Waals surface area contributed by atoms with Gasteiger partial charge >= 0.3 is 5.97 Å². The Hall–Kier alpha value is -3.60. The summed E-state index contributed by atoms with van der Waals surface area (Å²) in [6, 6.07) is 11.8. The summed E-state index contributed by atoms with van der Waals surface area (Å²) in [5, 5.41) is 11.3. The molecule has 0 unspecified atom stereocenters. The first-order chi connectivity index (χ1) is 13.0. The van der Waals surface area contributed by atoms with E-state index in [4.69, 9.17) is 14.4 Å². The van der Waals surface area contributed by atoms with E-state index in [2.05, 4.69) is 5.32 Å². The summed E-state index contributed by atoms with van der Waals surface area (Å²) in [6.45, 7) is 0.0894. The van der Waals surface area contributed by atoms with Crippen LogP contribution < -0.4 is 5.32 Å². The van der Waals surface area contributed by atoms with Crippen LogP contribution in [0.5, 0.6) is 0 Å². The van der Waals surface area contributed by atoms with Gasteiger partial charge < -0.3 is 19.4 Å².